The Kier molecular flexibility index (Phi) is 5.00. The van der Waals surface area contributed by atoms with E-state index in [2.05, 4.69) is 5.32 Å². The van der Waals surface area contributed by atoms with Gasteiger partial charge in [0.1, 0.15) is 0 Å². The molecule has 1 fully saturated rings. The minimum absolute atomic E-state index is 0.0112. The average molecular weight is 309 g/mol. The molecule has 21 heavy (non-hydrogen) atoms. The number of carbonyl (C=O) groups is 2. The smallest absolute Gasteiger partial charge is 0.234 e. The van der Waals surface area contributed by atoms with Crippen molar-refractivity contribution < 1.29 is 9.59 Å². The summed E-state index contributed by atoms with van der Waals surface area (Å²) in [4.78, 5) is 27.2. The van der Waals surface area contributed by atoms with Crippen LogP contribution in [0.1, 0.15) is 25.1 Å². The molecule has 3 N–H and O–H groups in total. The predicted molar refractivity (Wildman–Crippen MR) is 84.1 cm³/mol. The number of rotatable bonds is 7. The fourth-order valence-electron chi connectivity index (χ4n) is 2.88. The number of thiophene rings is 1. The summed E-state index contributed by atoms with van der Waals surface area (Å²) in [6.45, 7) is 5.92. The summed E-state index contributed by atoms with van der Waals surface area (Å²) < 4.78 is 0. The van der Waals surface area contributed by atoms with Crippen molar-refractivity contribution >= 4 is 23.2 Å². The zero-order chi connectivity index (χ0) is 15.5. The minimum atomic E-state index is -0.442. The lowest BCUT2D eigenvalue weighted by atomic mass is 9.99. The SMILES string of the molecule is CCN(CC)C(=O)[C@@]1(c2cccs2)C[C@H]1CNC(=O)CN. The molecule has 2 rings (SSSR count). The van der Waals surface area contributed by atoms with Crippen molar-refractivity contribution in [3.63, 3.8) is 0 Å². The Hall–Kier alpha value is -1.40. The molecule has 0 aromatic carbocycles. The van der Waals surface area contributed by atoms with E-state index in [-0.39, 0.29) is 24.3 Å². The van der Waals surface area contributed by atoms with Crippen LogP contribution in [0, 0.1) is 5.92 Å². The van der Waals surface area contributed by atoms with E-state index in [0.29, 0.717) is 19.6 Å². The van der Waals surface area contributed by atoms with Gasteiger partial charge in [0, 0.05) is 24.5 Å². The molecule has 0 spiro atoms. The summed E-state index contributed by atoms with van der Waals surface area (Å²) in [5.41, 5.74) is 4.86. The maximum atomic E-state index is 12.9. The van der Waals surface area contributed by atoms with Crippen LogP contribution >= 0.6 is 11.3 Å². The van der Waals surface area contributed by atoms with Gasteiger partial charge in [-0.1, -0.05) is 6.07 Å². The molecule has 0 saturated heterocycles. The van der Waals surface area contributed by atoms with Gasteiger partial charge in [0.15, 0.2) is 0 Å². The first kappa shape index (κ1) is 16.0. The van der Waals surface area contributed by atoms with Crippen LogP contribution in [0.3, 0.4) is 0 Å². The second-order valence-electron chi connectivity index (χ2n) is 5.34. The van der Waals surface area contributed by atoms with Gasteiger partial charge in [-0.2, -0.15) is 0 Å². The molecule has 116 valence electrons. The number of nitrogens with zero attached hydrogens (tertiary/aromatic N) is 1. The number of amides is 2. The molecule has 0 radical (unpaired) electrons. The van der Waals surface area contributed by atoms with Gasteiger partial charge in [-0.3, -0.25) is 9.59 Å². The average Bonchev–Trinajstić information content (AvgIpc) is 2.96. The standard InChI is InChI=1S/C15H23N3O2S/c1-3-18(4-2)14(20)15(12-6-5-7-21-12)8-11(15)10-17-13(19)9-16/h5-7,11H,3-4,8-10,16H2,1-2H3,(H,17,19)/t11-,15-/m0/s1. The molecule has 0 unspecified atom stereocenters. The zero-order valence-electron chi connectivity index (χ0n) is 12.6. The van der Waals surface area contributed by atoms with E-state index >= 15 is 0 Å². The van der Waals surface area contributed by atoms with E-state index in [4.69, 9.17) is 5.73 Å². The van der Waals surface area contributed by atoms with Gasteiger partial charge in [0.2, 0.25) is 11.8 Å². The summed E-state index contributed by atoms with van der Waals surface area (Å²) in [7, 11) is 0. The summed E-state index contributed by atoms with van der Waals surface area (Å²) >= 11 is 1.62. The van der Waals surface area contributed by atoms with E-state index in [9.17, 15) is 9.59 Å². The minimum Gasteiger partial charge on any atom is -0.355 e. The number of likely N-dealkylation sites (N-methyl/N-ethyl adjacent to an activating group) is 1. The Labute approximate surface area is 129 Å². The Morgan fingerprint density at radius 2 is 2.19 bits per heavy atom. The zero-order valence-corrected chi connectivity index (χ0v) is 13.4. The van der Waals surface area contributed by atoms with Crippen molar-refractivity contribution in [2.45, 2.75) is 25.7 Å². The van der Waals surface area contributed by atoms with Gasteiger partial charge in [-0.25, -0.2) is 0 Å². The van der Waals surface area contributed by atoms with Crippen LogP contribution in [0.4, 0.5) is 0 Å². The number of nitrogens with one attached hydrogen (secondary N) is 1. The largest absolute Gasteiger partial charge is 0.355 e. The highest BCUT2D eigenvalue weighted by molar-refractivity contribution is 7.10. The lowest BCUT2D eigenvalue weighted by Gasteiger charge is -2.25. The van der Waals surface area contributed by atoms with Crippen LogP contribution in [0.15, 0.2) is 17.5 Å². The van der Waals surface area contributed by atoms with Gasteiger partial charge in [0.05, 0.1) is 12.0 Å². The molecule has 1 aromatic heterocycles. The van der Waals surface area contributed by atoms with Gasteiger partial charge in [0.25, 0.3) is 0 Å². The normalized spacial score (nSPS) is 23.7. The highest BCUT2D eigenvalue weighted by Gasteiger charge is 2.62. The second-order valence-corrected chi connectivity index (χ2v) is 6.28. The molecule has 2 amide bonds. The third-order valence-electron chi connectivity index (χ3n) is 4.23. The summed E-state index contributed by atoms with van der Waals surface area (Å²) in [6.07, 6.45) is 0.799. The number of carbonyl (C=O) groups excluding carboxylic acids is 2. The molecule has 1 aliphatic rings. The molecule has 0 aliphatic heterocycles. The Morgan fingerprint density at radius 1 is 1.48 bits per heavy atom. The van der Waals surface area contributed by atoms with E-state index in [1.807, 2.05) is 36.3 Å². The van der Waals surface area contributed by atoms with Crippen LogP contribution in [-0.4, -0.2) is 42.9 Å². The highest BCUT2D eigenvalue weighted by Crippen LogP contribution is 2.56. The first-order valence-electron chi connectivity index (χ1n) is 7.40. The molecular weight excluding hydrogens is 286 g/mol. The molecule has 0 bridgehead atoms. The first-order valence-corrected chi connectivity index (χ1v) is 8.28. The highest BCUT2D eigenvalue weighted by atomic mass is 32.1. The van der Waals surface area contributed by atoms with Crippen molar-refractivity contribution in [1.29, 1.82) is 0 Å². The molecule has 2 atom stereocenters. The van der Waals surface area contributed by atoms with Crippen LogP contribution in [0.25, 0.3) is 0 Å². The quantitative estimate of drug-likeness (QED) is 0.787. The van der Waals surface area contributed by atoms with E-state index < -0.39 is 5.41 Å². The Bertz CT molecular complexity index is 499. The molecule has 1 aromatic rings. The topological polar surface area (TPSA) is 75.4 Å². The maximum absolute atomic E-state index is 12.9. The molecule has 1 saturated carbocycles. The van der Waals surface area contributed by atoms with Crippen LogP contribution < -0.4 is 11.1 Å². The summed E-state index contributed by atoms with van der Waals surface area (Å²) in [5.74, 6) is 0.180. The lowest BCUT2D eigenvalue weighted by Crippen LogP contribution is -2.41. The van der Waals surface area contributed by atoms with Crippen molar-refractivity contribution in [2.24, 2.45) is 11.7 Å². The van der Waals surface area contributed by atoms with Gasteiger partial charge in [-0.05, 0) is 37.6 Å². The third-order valence-corrected chi connectivity index (χ3v) is 5.28. The fraction of sp³-hybridized carbons (Fsp3) is 0.600. The van der Waals surface area contributed by atoms with Crippen molar-refractivity contribution in [2.75, 3.05) is 26.2 Å². The summed E-state index contributed by atoms with van der Waals surface area (Å²) in [6, 6.07) is 4.00. The number of hydrogen-bond donors (Lipinski definition) is 2. The van der Waals surface area contributed by atoms with E-state index in [0.717, 1.165) is 11.3 Å². The van der Waals surface area contributed by atoms with Gasteiger partial charge >= 0.3 is 0 Å². The summed E-state index contributed by atoms with van der Waals surface area (Å²) in [5, 5.41) is 4.81. The van der Waals surface area contributed by atoms with Gasteiger partial charge < -0.3 is 16.0 Å². The number of hydrogen-bond acceptors (Lipinski definition) is 4. The fourth-order valence-corrected chi connectivity index (χ4v) is 3.89. The Morgan fingerprint density at radius 3 is 2.71 bits per heavy atom. The monoisotopic (exact) mass is 309 g/mol. The molecule has 5 nitrogen and oxygen atoms in total. The third kappa shape index (κ3) is 2.96. The Balaban J connectivity index is 2.16. The van der Waals surface area contributed by atoms with Crippen molar-refractivity contribution in [1.82, 2.24) is 10.2 Å². The molecule has 1 aliphatic carbocycles. The van der Waals surface area contributed by atoms with Crippen LogP contribution in [0.5, 0.6) is 0 Å². The molecule has 6 heteroatoms. The van der Waals surface area contributed by atoms with Gasteiger partial charge in [-0.15, -0.1) is 11.3 Å². The molecular formula is C15H23N3O2S. The van der Waals surface area contributed by atoms with E-state index in [1.54, 1.807) is 11.3 Å². The number of nitrogens with two attached hydrogens (primary N) is 1. The second kappa shape index (κ2) is 6.58. The maximum Gasteiger partial charge on any atom is 0.234 e. The van der Waals surface area contributed by atoms with Crippen LogP contribution in [-0.2, 0) is 15.0 Å². The predicted octanol–water partition coefficient (Wildman–Crippen LogP) is 0.949. The lowest BCUT2D eigenvalue weighted by molar-refractivity contribution is -0.134. The van der Waals surface area contributed by atoms with Crippen molar-refractivity contribution in [3.8, 4) is 0 Å². The van der Waals surface area contributed by atoms with E-state index in [1.165, 1.54) is 0 Å². The van der Waals surface area contributed by atoms with Crippen LogP contribution in [0.2, 0.25) is 0 Å². The first-order chi connectivity index (χ1) is 10.1. The van der Waals surface area contributed by atoms with Crippen molar-refractivity contribution in [3.05, 3.63) is 22.4 Å². The molecule has 1 heterocycles.